The van der Waals surface area contributed by atoms with Crippen LogP contribution in [-0.4, -0.2) is 46.1 Å². The molecule has 0 unspecified atom stereocenters. The summed E-state index contributed by atoms with van der Waals surface area (Å²) in [5.74, 6) is -0.395. The predicted octanol–water partition coefficient (Wildman–Crippen LogP) is 2.50. The van der Waals surface area contributed by atoms with Crippen molar-refractivity contribution in [1.29, 1.82) is 0 Å². The molecule has 0 fully saturated rings. The van der Waals surface area contributed by atoms with Crippen LogP contribution in [0.25, 0.3) is 0 Å². The largest absolute Gasteiger partial charge is 0.476 e. The zero-order valence-corrected chi connectivity index (χ0v) is 19.8. The van der Waals surface area contributed by atoms with Crippen LogP contribution in [0.3, 0.4) is 0 Å². The Morgan fingerprint density at radius 1 is 1.15 bits per heavy atom. The van der Waals surface area contributed by atoms with Crippen LogP contribution in [0, 0.1) is 0 Å². The third-order valence-electron chi connectivity index (χ3n) is 4.81. The maximum absolute atomic E-state index is 12.8. The summed E-state index contributed by atoms with van der Waals surface area (Å²) in [5.41, 5.74) is 0.714. The number of nitrogens with zero attached hydrogens (tertiary/aromatic N) is 2. The molecule has 13 heteroatoms. The average Bonchev–Trinajstić information content (AvgIpc) is 3.31. The highest BCUT2D eigenvalue weighted by atomic mass is 32.2. The van der Waals surface area contributed by atoms with Crippen LogP contribution in [0.5, 0.6) is 5.75 Å². The van der Waals surface area contributed by atoms with Crippen molar-refractivity contribution in [2.75, 3.05) is 26.6 Å². The standard InChI is InChI=1S/C20H20N4O6S3/c1-2-32(26,27)24-13-18(30-17-6-4-3-5-16(17)24)19(25)22-14-7-9-15(10-8-14)33(28,29)23-20-21-11-12-31-20/h3-12,18H,2,13H2,1H3,(H,21,23)(H,22,25)/t18-/m0/s1. The number of para-hydroxylation sites is 2. The third-order valence-corrected chi connectivity index (χ3v) is 8.73. The van der Waals surface area contributed by atoms with E-state index in [9.17, 15) is 21.6 Å². The first-order valence-electron chi connectivity index (χ1n) is 9.79. The molecule has 1 amide bonds. The van der Waals surface area contributed by atoms with Crippen LogP contribution in [0.1, 0.15) is 6.92 Å². The molecular weight excluding hydrogens is 488 g/mol. The highest BCUT2D eigenvalue weighted by molar-refractivity contribution is 7.93. The Bertz CT molecular complexity index is 1360. The normalized spacial score (nSPS) is 15.9. The average molecular weight is 509 g/mol. The minimum absolute atomic E-state index is 0.00115. The van der Waals surface area contributed by atoms with Crippen LogP contribution in [0.4, 0.5) is 16.5 Å². The number of benzene rings is 2. The molecule has 1 aliphatic rings. The second kappa shape index (κ2) is 9.00. The van der Waals surface area contributed by atoms with Gasteiger partial charge in [0, 0.05) is 17.3 Å². The van der Waals surface area contributed by atoms with Crippen molar-refractivity contribution < 1.29 is 26.4 Å². The minimum atomic E-state index is -3.82. The van der Waals surface area contributed by atoms with Gasteiger partial charge >= 0.3 is 0 Å². The van der Waals surface area contributed by atoms with Crippen molar-refractivity contribution in [3.05, 3.63) is 60.1 Å². The van der Waals surface area contributed by atoms with E-state index >= 15 is 0 Å². The van der Waals surface area contributed by atoms with Gasteiger partial charge in [-0.3, -0.25) is 13.8 Å². The maximum atomic E-state index is 12.8. The number of sulfonamides is 2. The lowest BCUT2D eigenvalue weighted by Crippen LogP contribution is -2.49. The molecule has 3 aromatic rings. The van der Waals surface area contributed by atoms with Gasteiger partial charge in [-0.25, -0.2) is 21.8 Å². The number of carbonyl (C=O) groups is 1. The summed E-state index contributed by atoms with van der Waals surface area (Å²) in [6.45, 7) is 1.35. The van der Waals surface area contributed by atoms with E-state index in [1.54, 1.807) is 29.6 Å². The molecule has 0 radical (unpaired) electrons. The Hall–Kier alpha value is -3.16. The Balaban J connectivity index is 1.49. The van der Waals surface area contributed by atoms with Crippen molar-refractivity contribution in [3.63, 3.8) is 0 Å². The van der Waals surface area contributed by atoms with Gasteiger partial charge in [0.15, 0.2) is 11.2 Å². The van der Waals surface area contributed by atoms with Crippen molar-refractivity contribution in [2.45, 2.75) is 17.9 Å². The molecule has 174 valence electrons. The quantitative estimate of drug-likeness (QED) is 0.501. The Morgan fingerprint density at radius 3 is 2.55 bits per heavy atom. The second-order valence-electron chi connectivity index (χ2n) is 6.96. The number of anilines is 3. The SMILES string of the molecule is CCS(=O)(=O)N1C[C@@H](C(=O)Nc2ccc(S(=O)(=O)Nc3nccs3)cc2)Oc2ccccc21. The van der Waals surface area contributed by atoms with E-state index in [1.165, 1.54) is 41.7 Å². The lowest BCUT2D eigenvalue weighted by atomic mass is 10.2. The summed E-state index contributed by atoms with van der Waals surface area (Å²) in [6, 6.07) is 12.2. The first-order chi connectivity index (χ1) is 15.7. The topological polar surface area (TPSA) is 135 Å². The number of carbonyl (C=O) groups excluding carboxylic acids is 1. The summed E-state index contributed by atoms with van der Waals surface area (Å²) < 4.78 is 59.3. The summed E-state index contributed by atoms with van der Waals surface area (Å²) in [4.78, 5) is 16.7. The number of ether oxygens (including phenoxy) is 1. The molecule has 1 aliphatic heterocycles. The molecule has 0 saturated carbocycles. The molecule has 4 rings (SSSR count). The van der Waals surface area contributed by atoms with Crippen LogP contribution in [-0.2, 0) is 24.8 Å². The second-order valence-corrected chi connectivity index (χ2v) is 11.7. The van der Waals surface area contributed by atoms with E-state index in [-0.39, 0.29) is 28.1 Å². The third kappa shape index (κ3) is 4.94. The monoisotopic (exact) mass is 508 g/mol. The fourth-order valence-electron chi connectivity index (χ4n) is 3.15. The summed E-state index contributed by atoms with van der Waals surface area (Å²) >= 11 is 1.15. The van der Waals surface area contributed by atoms with E-state index in [0.717, 1.165) is 11.3 Å². The molecular formula is C20H20N4O6S3. The van der Waals surface area contributed by atoms with Crippen LogP contribution < -0.4 is 19.1 Å². The number of nitrogens with one attached hydrogen (secondary N) is 2. The minimum Gasteiger partial charge on any atom is -0.476 e. The molecule has 0 aliphatic carbocycles. The maximum Gasteiger partial charge on any atom is 0.267 e. The number of amides is 1. The highest BCUT2D eigenvalue weighted by Crippen LogP contribution is 2.35. The fraction of sp³-hybridized carbons (Fsp3) is 0.200. The molecule has 0 bridgehead atoms. The molecule has 0 saturated heterocycles. The molecule has 1 aromatic heterocycles. The Kier molecular flexibility index (Phi) is 6.28. The molecule has 2 N–H and O–H groups in total. The summed E-state index contributed by atoms with van der Waals surface area (Å²) in [6.07, 6.45) is 0.399. The van der Waals surface area contributed by atoms with Crippen LogP contribution in [0.15, 0.2) is 65.0 Å². The van der Waals surface area contributed by atoms with Gasteiger partial charge in [0.25, 0.3) is 15.9 Å². The lowest BCUT2D eigenvalue weighted by molar-refractivity contribution is -0.122. The lowest BCUT2D eigenvalue weighted by Gasteiger charge is -2.34. The molecule has 1 atom stereocenters. The number of rotatable bonds is 7. The van der Waals surface area contributed by atoms with E-state index < -0.39 is 32.1 Å². The van der Waals surface area contributed by atoms with Gasteiger partial charge in [-0.05, 0) is 43.3 Å². The Morgan fingerprint density at radius 2 is 1.88 bits per heavy atom. The van der Waals surface area contributed by atoms with Crippen molar-refractivity contribution in [1.82, 2.24) is 4.98 Å². The molecule has 10 nitrogen and oxygen atoms in total. The molecule has 0 spiro atoms. The molecule has 2 aromatic carbocycles. The first-order valence-corrected chi connectivity index (χ1v) is 13.8. The summed E-state index contributed by atoms with van der Waals surface area (Å²) in [5, 5.41) is 4.54. The zero-order chi connectivity index (χ0) is 23.6. The first kappa shape index (κ1) is 23.0. The van der Waals surface area contributed by atoms with Crippen LogP contribution >= 0.6 is 11.3 Å². The molecule has 33 heavy (non-hydrogen) atoms. The smallest absolute Gasteiger partial charge is 0.267 e. The molecule has 2 heterocycles. The summed E-state index contributed by atoms with van der Waals surface area (Å²) in [7, 11) is -7.44. The van der Waals surface area contributed by atoms with E-state index in [1.807, 2.05) is 0 Å². The number of aromatic nitrogens is 1. The van der Waals surface area contributed by atoms with Gasteiger partial charge in [-0.2, -0.15) is 0 Å². The van der Waals surface area contributed by atoms with Crippen molar-refractivity contribution in [2.24, 2.45) is 0 Å². The van der Waals surface area contributed by atoms with Crippen molar-refractivity contribution in [3.8, 4) is 5.75 Å². The Labute approximate surface area is 195 Å². The van der Waals surface area contributed by atoms with Crippen molar-refractivity contribution >= 4 is 53.8 Å². The van der Waals surface area contributed by atoms with Crippen LogP contribution in [0.2, 0.25) is 0 Å². The van der Waals surface area contributed by atoms with E-state index in [2.05, 4.69) is 15.0 Å². The van der Waals surface area contributed by atoms with Gasteiger partial charge in [0.1, 0.15) is 5.75 Å². The van der Waals surface area contributed by atoms with E-state index in [0.29, 0.717) is 11.4 Å². The zero-order valence-electron chi connectivity index (χ0n) is 17.3. The predicted molar refractivity (Wildman–Crippen MR) is 126 cm³/mol. The van der Waals surface area contributed by atoms with E-state index in [4.69, 9.17) is 4.74 Å². The van der Waals surface area contributed by atoms with Gasteiger partial charge in [-0.1, -0.05) is 12.1 Å². The highest BCUT2D eigenvalue weighted by Gasteiger charge is 2.36. The van der Waals surface area contributed by atoms with Gasteiger partial charge in [0.2, 0.25) is 10.0 Å². The number of hydrogen-bond acceptors (Lipinski definition) is 8. The number of hydrogen-bond donors (Lipinski definition) is 2. The van der Waals surface area contributed by atoms with Gasteiger partial charge < -0.3 is 10.1 Å². The fourth-order valence-corrected chi connectivity index (χ4v) is 6.06. The van der Waals surface area contributed by atoms with Gasteiger partial charge in [-0.15, -0.1) is 11.3 Å². The number of fused-ring (bicyclic) bond motifs is 1. The number of thiazole rings is 1. The van der Waals surface area contributed by atoms with Gasteiger partial charge in [0.05, 0.1) is 22.9 Å².